The van der Waals surface area contributed by atoms with Crippen molar-refractivity contribution >= 4 is 28.9 Å². The van der Waals surface area contributed by atoms with Crippen molar-refractivity contribution in [2.75, 3.05) is 31.9 Å². The van der Waals surface area contributed by atoms with Gasteiger partial charge in [0.1, 0.15) is 24.0 Å². The second kappa shape index (κ2) is 7.10. The van der Waals surface area contributed by atoms with Crippen LogP contribution in [-0.2, 0) is 11.3 Å². The van der Waals surface area contributed by atoms with E-state index in [4.69, 9.17) is 21.1 Å². The Kier molecular flexibility index (Phi) is 5.19. The lowest BCUT2D eigenvalue weighted by Gasteiger charge is -2.12. The molecule has 0 bridgehead atoms. The molecule has 1 heterocycles. The number of nitrogens with one attached hydrogen (secondary N) is 2. The van der Waals surface area contributed by atoms with Gasteiger partial charge in [0, 0.05) is 25.2 Å². The van der Waals surface area contributed by atoms with Gasteiger partial charge in [0.2, 0.25) is 0 Å². The molecule has 0 unspecified atom stereocenters. The molecule has 0 radical (unpaired) electrons. The van der Waals surface area contributed by atoms with Gasteiger partial charge in [-0.25, -0.2) is 9.97 Å². The van der Waals surface area contributed by atoms with Crippen molar-refractivity contribution in [2.45, 2.75) is 6.61 Å². The second-order valence-corrected chi connectivity index (χ2v) is 4.64. The number of nitrogens with zero attached hydrogens (tertiary/aromatic N) is 2. The van der Waals surface area contributed by atoms with Crippen molar-refractivity contribution in [1.82, 2.24) is 9.97 Å². The van der Waals surface area contributed by atoms with Crippen LogP contribution in [0.5, 0.6) is 5.75 Å². The summed E-state index contributed by atoms with van der Waals surface area (Å²) in [5.74, 6) is 2.58. The van der Waals surface area contributed by atoms with E-state index in [1.54, 1.807) is 45.5 Å². The quantitative estimate of drug-likeness (QED) is 0.855. The van der Waals surface area contributed by atoms with Gasteiger partial charge in [-0.3, -0.25) is 0 Å². The molecule has 21 heavy (non-hydrogen) atoms. The van der Waals surface area contributed by atoms with Gasteiger partial charge in [-0.1, -0.05) is 11.6 Å². The molecule has 2 N–H and O–H groups in total. The first-order chi connectivity index (χ1) is 10.2. The molecule has 0 aliphatic carbocycles. The predicted octanol–water partition coefficient (Wildman–Crippen LogP) is 3.07. The van der Waals surface area contributed by atoms with Gasteiger partial charge in [-0.2, -0.15) is 0 Å². The van der Waals surface area contributed by atoms with Crippen LogP contribution in [0, 0.1) is 0 Å². The molecule has 7 heteroatoms. The van der Waals surface area contributed by atoms with E-state index >= 15 is 0 Å². The topological polar surface area (TPSA) is 68.3 Å². The minimum absolute atomic E-state index is 0.330. The molecule has 1 aromatic heterocycles. The number of ether oxygens (including phenoxy) is 2. The average molecular weight is 309 g/mol. The molecule has 0 spiro atoms. The summed E-state index contributed by atoms with van der Waals surface area (Å²) in [5.41, 5.74) is 0.731. The van der Waals surface area contributed by atoms with Crippen LogP contribution in [0.25, 0.3) is 0 Å². The Labute approximate surface area is 128 Å². The van der Waals surface area contributed by atoms with Crippen LogP contribution in [0.4, 0.5) is 17.3 Å². The third-order valence-electron chi connectivity index (χ3n) is 2.73. The van der Waals surface area contributed by atoms with Crippen LogP contribution >= 0.6 is 11.6 Å². The average Bonchev–Trinajstić information content (AvgIpc) is 2.47. The minimum atomic E-state index is 0.330. The summed E-state index contributed by atoms with van der Waals surface area (Å²) < 4.78 is 10.4. The van der Waals surface area contributed by atoms with Crippen molar-refractivity contribution in [2.24, 2.45) is 0 Å². The number of benzene rings is 1. The number of rotatable bonds is 6. The van der Waals surface area contributed by atoms with E-state index in [9.17, 15) is 0 Å². The molecule has 0 saturated carbocycles. The lowest BCUT2D eigenvalue weighted by molar-refractivity contribution is 0.178. The first-order valence-electron chi connectivity index (χ1n) is 6.31. The highest BCUT2D eigenvalue weighted by Gasteiger charge is 2.08. The minimum Gasteiger partial charge on any atom is -0.495 e. The van der Waals surface area contributed by atoms with Crippen LogP contribution in [0.1, 0.15) is 5.82 Å². The van der Waals surface area contributed by atoms with Gasteiger partial charge in [-0.15, -0.1) is 0 Å². The first-order valence-corrected chi connectivity index (χ1v) is 6.69. The highest BCUT2D eigenvalue weighted by atomic mass is 35.5. The molecule has 112 valence electrons. The van der Waals surface area contributed by atoms with Gasteiger partial charge in [0.15, 0.2) is 5.82 Å². The van der Waals surface area contributed by atoms with Crippen LogP contribution < -0.4 is 15.4 Å². The monoisotopic (exact) mass is 308 g/mol. The van der Waals surface area contributed by atoms with E-state index in [2.05, 4.69) is 20.6 Å². The predicted molar refractivity (Wildman–Crippen MR) is 83.6 cm³/mol. The van der Waals surface area contributed by atoms with Gasteiger partial charge >= 0.3 is 0 Å². The Morgan fingerprint density at radius 1 is 1.14 bits per heavy atom. The summed E-state index contributed by atoms with van der Waals surface area (Å²) in [6.07, 6.45) is 0. The molecule has 0 aliphatic heterocycles. The molecule has 0 fully saturated rings. The van der Waals surface area contributed by atoms with Crippen molar-refractivity contribution in [3.8, 4) is 5.75 Å². The summed E-state index contributed by atoms with van der Waals surface area (Å²) in [7, 11) is 4.99. The smallest absolute Gasteiger partial charge is 0.158 e. The Hall–Kier alpha value is -2.05. The van der Waals surface area contributed by atoms with Crippen LogP contribution in [-0.4, -0.2) is 31.2 Å². The molecule has 0 aliphatic rings. The summed E-state index contributed by atoms with van der Waals surface area (Å²) in [6, 6.07) is 7.12. The molecule has 2 aromatic rings. The summed E-state index contributed by atoms with van der Waals surface area (Å²) in [5, 5.41) is 6.78. The highest BCUT2D eigenvalue weighted by Crippen LogP contribution is 2.30. The number of halogens is 1. The Bertz CT molecular complexity index is 622. The van der Waals surface area contributed by atoms with E-state index in [0.717, 1.165) is 5.69 Å². The van der Waals surface area contributed by atoms with Crippen molar-refractivity contribution in [1.29, 1.82) is 0 Å². The fraction of sp³-hybridized carbons (Fsp3) is 0.286. The van der Waals surface area contributed by atoms with E-state index in [1.165, 1.54) is 0 Å². The van der Waals surface area contributed by atoms with Crippen LogP contribution in [0.2, 0.25) is 5.02 Å². The standard InChI is InChI=1S/C14H17ClN4O2/c1-16-12-7-13(19-14(18-12)8-20-2)17-10-6-9(15)4-5-11(10)21-3/h4-7H,8H2,1-3H3,(H2,16,17,18,19). The van der Waals surface area contributed by atoms with Gasteiger partial charge in [0.25, 0.3) is 0 Å². The molecule has 6 nitrogen and oxygen atoms in total. The number of methoxy groups -OCH3 is 2. The lowest BCUT2D eigenvalue weighted by Crippen LogP contribution is -2.05. The summed E-state index contributed by atoms with van der Waals surface area (Å²) in [6.45, 7) is 0.330. The van der Waals surface area contributed by atoms with Crippen molar-refractivity contribution in [3.63, 3.8) is 0 Å². The molecular weight excluding hydrogens is 292 g/mol. The third-order valence-corrected chi connectivity index (χ3v) is 2.96. The highest BCUT2D eigenvalue weighted by molar-refractivity contribution is 6.31. The first kappa shape index (κ1) is 15.3. The molecular formula is C14H17ClN4O2. The Morgan fingerprint density at radius 2 is 1.90 bits per heavy atom. The van der Waals surface area contributed by atoms with Gasteiger partial charge in [0.05, 0.1) is 12.8 Å². The fourth-order valence-corrected chi connectivity index (χ4v) is 1.97. The molecule has 0 atom stereocenters. The normalized spacial score (nSPS) is 10.3. The SMILES string of the molecule is CNc1cc(Nc2cc(Cl)ccc2OC)nc(COC)n1. The maximum atomic E-state index is 6.02. The van der Waals surface area contributed by atoms with Crippen molar-refractivity contribution < 1.29 is 9.47 Å². The van der Waals surface area contributed by atoms with Crippen LogP contribution in [0.3, 0.4) is 0 Å². The number of hydrogen-bond donors (Lipinski definition) is 2. The molecule has 1 aromatic carbocycles. The van der Waals surface area contributed by atoms with E-state index < -0.39 is 0 Å². The number of anilines is 3. The summed E-state index contributed by atoms with van der Waals surface area (Å²) in [4.78, 5) is 8.68. The van der Waals surface area contributed by atoms with E-state index in [1.807, 2.05) is 0 Å². The summed E-state index contributed by atoms with van der Waals surface area (Å²) >= 11 is 6.02. The molecule has 0 saturated heterocycles. The maximum absolute atomic E-state index is 6.02. The number of hydrogen-bond acceptors (Lipinski definition) is 6. The maximum Gasteiger partial charge on any atom is 0.158 e. The van der Waals surface area contributed by atoms with Crippen LogP contribution in [0.15, 0.2) is 24.3 Å². The van der Waals surface area contributed by atoms with Gasteiger partial charge in [-0.05, 0) is 18.2 Å². The zero-order valence-corrected chi connectivity index (χ0v) is 12.9. The van der Waals surface area contributed by atoms with E-state index in [-0.39, 0.29) is 0 Å². The number of aromatic nitrogens is 2. The second-order valence-electron chi connectivity index (χ2n) is 4.21. The Morgan fingerprint density at radius 3 is 2.57 bits per heavy atom. The molecule has 2 rings (SSSR count). The van der Waals surface area contributed by atoms with Gasteiger partial charge < -0.3 is 20.1 Å². The third kappa shape index (κ3) is 3.96. The zero-order chi connectivity index (χ0) is 15.2. The fourth-order valence-electron chi connectivity index (χ4n) is 1.80. The molecule has 0 amide bonds. The van der Waals surface area contributed by atoms with E-state index in [0.29, 0.717) is 34.8 Å². The zero-order valence-electron chi connectivity index (χ0n) is 12.1. The van der Waals surface area contributed by atoms with Crippen molar-refractivity contribution in [3.05, 3.63) is 35.1 Å². The largest absolute Gasteiger partial charge is 0.495 e. The Balaban J connectivity index is 2.34. The lowest BCUT2D eigenvalue weighted by atomic mass is 10.3.